The normalized spacial score (nSPS) is 12.1. The van der Waals surface area contributed by atoms with Gasteiger partial charge in [0.15, 0.2) is 0 Å². The number of allylic oxidation sites excluding steroid dienone is 2. The molecule has 0 aromatic carbocycles. The number of hydrogen-bond acceptors (Lipinski definition) is 0. The van der Waals surface area contributed by atoms with E-state index in [2.05, 4.69) is 44.9 Å². The minimum Gasteiger partial charge on any atom is -0.0925 e. The van der Waals surface area contributed by atoms with Crippen molar-refractivity contribution in [2.45, 2.75) is 13.3 Å². The van der Waals surface area contributed by atoms with E-state index in [4.69, 9.17) is 0 Å². The van der Waals surface area contributed by atoms with Gasteiger partial charge in [0, 0.05) is 10.7 Å². The van der Waals surface area contributed by atoms with Crippen LogP contribution in [0.4, 0.5) is 0 Å². The zero-order valence-electron chi connectivity index (χ0n) is 4.95. The predicted octanol–water partition coefficient (Wildman–Crippen LogP) is 3.11. The summed E-state index contributed by atoms with van der Waals surface area (Å²) in [4.78, 5) is 0. The highest BCUT2D eigenvalue weighted by atomic mass is 79.9. The van der Waals surface area contributed by atoms with Crippen molar-refractivity contribution < 1.29 is 0 Å². The van der Waals surface area contributed by atoms with E-state index < -0.39 is 0 Å². The van der Waals surface area contributed by atoms with Crippen molar-refractivity contribution in [3.8, 4) is 0 Å². The molecule has 0 saturated heterocycles. The molecule has 0 aliphatic rings. The molecule has 0 radical (unpaired) electrons. The summed E-state index contributed by atoms with van der Waals surface area (Å²) in [6.45, 7) is 2.14. The highest BCUT2D eigenvalue weighted by Gasteiger charge is 1.83. The van der Waals surface area contributed by atoms with E-state index in [1.54, 1.807) is 0 Å². The number of hydrogen-bond donors (Lipinski definition) is 0. The van der Waals surface area contributed by atoms with Crippen LogP contribution in [-0.4, -0.2) is 10.7 Å². The van der Waals surface area contributed by atoms with Crippen molar-refractivity contribution >= 4 is 31.9 Å². The molecule has 0 nitrogen and oxygen atoms in total. The molecule has 0 aromatic rings. The van der Waals surface area contributed by atoms with Crippen LogP contribution < -0.4 is 0 Å². The second-order valence-electron chi connectivity index (χ2n) is 1.64. The Balaban J connectivity index is 3.29. The standard InChI is InChI=1S/C6H10Br2/c1-6(2-4-7)3-5-8/h2H,3-5H2,1H3/b6-2+. The first-order valence-electron chi connectivity index (χ1n) is 2.58. The van der Waals surface area contributed by atoms with E-state index >= 15 is 0 Å². The van der Waals surface area contributed by atoms with Crippen LogP contribution in [0.5, 0.6) is 0 Å². The second kappa shape index (κ2) is 5.83. The summed E-state index contributed by atoms with van der Waals surface area (Å²) >= 11 is 6.69. The van der Waals surface area contributed by atoms with Crippen LogP contribution in [0.2, 0.25) is 0 Å². The Labute approximate surface area is 67.6 Å². The number of alkyl halides is 2. The molecule has 0 aromatic heterocycles. The molecule has 0 fully saturated rings. The van der Waals surface area contributed by atoms with Gasteiger partial charge in [0.25, 0.3) is 0 Å². The highest BCUT2D eigenvalue weighted by Crippen LogP contribution is 2.02. The van der Waals surface area contributed by atoms with Crippen molar-refractivity contribution in [1.29, 1.82) is 0 Å². The number of rotatable bonds is 3. The van der Waals surface area contributed by atoms with Gasteiger partial charge in [-0.3, -0.25) is 0 Å². The summed E-state index contributed by atoms with van der Waals surface area (Å²) in [5.41, 5.74) is 1.44. The summed E-state index contributed by atoms with van der Waals surface area (Å²) < 4.78 is 0. The Bertz CT molecular complexity index is 76.6. The van der Waals surface area contributed by atoms with Gasteiger partial charge in [-0.1, -0.05) is 43.5 Å². The SMILES string of the molecule is C/C(=C\CBr)CCBr. The van der Waals surface area contributed by atoms with E-state index in [1.165, 1.54) is 5.57 Å². The molecule has 0 aliphatic heterocycles. The van der Waals surface area contributed by atoms with Gasteiger partial charge in [0.2, 0.25) is 0 Å². The van der Waals surface area contributed by atoms with Crippen LogP contribution >= 0.6 is 31.9 Å². The fraction of sp³-hybridized carbons (Fsp3) is 0.667. The third-order valence-corrected chi connectivity index (χ3v) is 1.63. The topological polar surface area (TPSA) is 0 Å². The fourth-order valence-electron chi connectivity index (χ4n) is 0.383. The van der Waals surface area contributed by atoms with Crippen LogP contribution in [0.1, 0.15) is 13.3 Å². The van der Waals surface area contributed by atoms with Crippen molar-refractivity contribution in [2.75, 3.05) is 10.7 Å². The molecule has 0 aliphatic carbocycles. The monoisotopic (exact) mass is 240 g/mol. The average molecular weight is 242 g/mol. The van der Waals surface area contributed by atoms with E-state index in [-0.39, 0.29) is 0 Å². The van der Waals surface area contributed by atoms with Crippen molar-refractivity contribution in [2.24, 2.45) is 0 Å². The summed E-state index contributed by atoms with van der Waals surface area (Å²) in [6.07, 6.45) is 3.34. The lowest BCUT2D eigenvalue weighted by molar-refractivity contribution is 1.12. The maximum atomic E-state index is 3.36. The molecule has 0 saturated carbocycles. The zero-order chi connectivity index (χ0) is 6.41. The molecule has 0 spiro atoms. The maximum Gasteiger partial charge on any atom is 0.0214 e. The molecule has 0 bridgehead atoms. The smallest absolute Gasteiger partial charge is 0.0214 e. The Morgan fingerprint density at radius 2 is 2.12 bits per heavy atom. The van der Waals surface area contributed by atoms with Gasteiger partial charge < -0.3 is 0 Å². The Kier molecular flexibility index (Phi) is 6.34. The van der Waals surface area contributed by atoms with Gasteiger partial charge in [-0.15, -0.1) is 0 Å². The first-order chi connectivity index (χ1) is 3.81. The Morgan fingerprint density at radius 3 is 2.50 bits per heavy atom. The fourth-order valence-corrected chi connectivity index (χ4v) is 1.56. The Morgan fingerprint density at radius 1 is 1.50 bits per heavy atom. The van der Waals surface area contributed by atoms with Gasteiger partial charge in [0.05, 0.1) is 0 Å². The quantitative estimate of drug-likeness (QED) is 0.526. The highest BCUT2D eigenvalue weighted by molar-refractivity contribution is 9.09. The van der Waals surface area contributed by atoms with E-state index in [0.717, 1.165) is 17.1 Å². The third-order valence-electron chi connectivity index (χ3n) is 0.914. The minimum atomic E-state index is 0.978. The molecule has 0 rings (SSSR count). The summed E-state index contributed by atoms with van der Waals surface area (Å²) in [7, 11) is 0. The van der Waals surface area contributed by atoms with Crippen LogP contribution in [0.3, 0.4) is 0 Å². The van der Waals surface area contributed by atoms with Crippen LogP contribution in [0.15, 0.2) is 11.6 Å². The molecular formula is C6H10Br2. The van der Waals surface area contributed by atoms with Gasteiger partial charge >= 0.3 is 0 Å². The van der Waals surface area contributed by atoms with E-state index in [0.29, 0.717) is 0 Å². The molecule has 0 heterocycles. The molecule has 2 heteroatoms. The summed E-state index contributed by atoms with van der Waals surface area (Å²) in [5, 5.41) is 2.05. The van der Waals surface area contributed by atoms with Crippen LogP contribution in [0.25, 0.3) is 0 Å². The molecule has 8 heavy (non-hydrogen) atoms. The molecule has 0 amide bonds. The van der Waals surface area contributed by atoms with Crippen molar-refractivity contribution in [3.05, 3.63) is 11.6 Å². The maximum absolute atomic E-state index is 3.36. The second-order valence-corrected chi connectivity index (χ2v) is 3.08. The first kappa shape index (κ1) is 8.70. The van der Waals surface area contributed by atoms with Crippen molar-refractivity contribution in [3.63, 3.8) is 0 Å². The van der Waals surface area contributed by atoms with Gasteiger partial charge in [-0.25, -0.2) is 0 Å². The van der Waals surface area contributed by atoms with Crippen molar-refractivity contribution in [1.82, 2.24) is 0 Å². The first-order valence-corrected chi connectivity index (χ1v) is 4.83. The zero-order valence-corrected chi connectivity index (χ0v) is 8.13. The largest absolute Gasteiger partial charge is 0.0925 e. The van der Waals surface area contributed by atoms with Crippen LogP contribution in [0, 0.1) is 0 Å². The Hall–Kier alpha value is 0.700. The van der Waals surface area contributed by atoms with Gasteiger partial charge in [0.1, 0.15) is 0 Å². The van der Waals surface area contributed by atoms with Crippen LogP contribution in [-0.2, 0) is 0 Å². The average Bonchev–Trinajstić information content (AvgIpc) is 1.68. The molecular weight excluding hydrogens is 232 g/mol. The van der Waals surface area contributed by atoms with Gasteiger partial charge in [-0.05, 0) is 13.3 Å². The molecule has 48 valence electrons. The predicted molar refractivity (Wildman–Crippen MR) is 46.0 cm³/mol. The molecule has 0 unspecified atom stereocenters. The third kappa shape index (κ3) is 4.85. The molecule has 0 atom stereocenters. The summed E-state index contributed by atoms with van der Waals surface area (Å²) in [6, 6.07) is 0. The van der Waals surface area contributed by atoms with E-state index in [9.17, 15) is 0 Å². The lowest BCUT2D eigenvalue weighted by Crippen LogP contribution is -1.77. The van der Waals surface area contributed by atoms with E-state index in [1.807, 2.05) is 0 Å². The number of halogens is 2. The minimum absolute atomic E-state index is 0.978. The lowest BCUT2D eigenvalue weighted by Gasteiger charge is -1.91. The lowest BCUT2D eigenvalue weighted by atomic mass is 10.2. The molecule has 0 N–H and O–H groups in total. The summed E-state index contributed by atoms with van der Waals surface area (Å²) in [5.74, 6) is 0. The van der Waals surface area contributed by atoms with Gasteiger partial charge in [-0.2, -0.15) is 0 Å².